The zero-order valence-electron chi connectivity index (χ0n) is 11.0. The van der Waals surface area contributed by atoms with Gasteiger partial charge >= 0.3 is 0 Å². The van der Waals surface area contributed by atoms with Crippen molar-refractivity contribution >= 4 is 0 Å². The number of piperidine rings is 4. The molecule has 4 fully saturated rings. The molecule has 4 aliphatic rings. The van der Waals surface area contributed by atoms with Crippen molar-refractivity contribution < 1.29 is 0 Å². The van der Waals surface area contributed by atoms with E-state index >= 15 is 0 Å². The van der Waals surface area contributed by atoms with Gasteiger partial charge in [0.25, 0.3) is 0 Å². The van der Waals surface area contributed by atoms with E-state index in [1.807, 2.05) is 0 Å². The number of hydrogen-bond acceptors (Lipinski definition) is 2. The highest BCUT2D eigenvalue weighted by atomic mass is 15.3. The minimum atomic E-state index is 0.961. The molecule has 0 aromatic carbocycles. The minimum Gasteiger partial charge on any atom is -0.300 e. The summed E-state index contributed by atoms with van der Waals surface area (Å²) in [5, 5.41) is 0. The Labute approximate surface area is 105 Å². The zero-order chi connectivity index (χ0) is 11.2. The Hall–Kier alpha value is -0.0800. The molecule has 0 aliphatic carbocycles. The predicted octanol–water partition coefficient (Wildman–Crippen LogP) is 2.35. The van der Waals surface area contributed by atoms with E-state index in [2.05, 4.69) is 9.80 Å². The monoisotopic (exact) mass is 234 g/mol. The Balaban J connectivity index is 1.56. The van der Waals surface area contributed by atoms with Crippen LogP contribution in [-0.4, -0.2) is 48.1 Å². The molecule has 0 saturated carbocycles. The fourth-order valence-corrected chi connectivity index (χ4v) is 5.25. The lowest BCUT2D eigenvalue weighted by Crippen LogP contribution is -2.63. The zero-order valence-corrected chi connectivity index (χ0v) is 11.0. The summed E-state index contributed by atoms with van der Waals surface area (Å²) in [5.41, 5.74) is 0. The lowest BCUT2D eigenvalue weighted by atomic mass is 9.71. The first-order chi connectivity index (χ1) is 8.42. The molecular formula is C15H26N2. The Kier molecular flexibility index (Phi) is 2.69. The first kappa shape index (κ1) is 10.8. The summed E-state index contributed by atoms with van der Waals surface area (Å²) in [6.07, 6.45) is 10.5. The molecule has 17 heavy (non-hydrogen) atoms. The molecular weight excluding hydrogens is 208 g/mol. The number of nitrogens with zero attached hydrogens (tertiary/aromatic N) is 2. The topological polar surface area (TPSA) is 6.48 Å². The summed E-state index contributed by atoms with van der Waals surface area (Å²) < 4.78 is 0. The van der Waals surface area contributed by atoms with E-state index < -0.39 is 0 Å². The van der Waals surface area contributed by atoms with Crippen LogP contribution in [0.3, 0.4) is 0 Å². The van der Waals surface area contributed by atoms with E-state index in [0.717, 1.165) is 23.9 Å². The summed E-state index contributed by atoms with van der Waals surface area (Å²) in [6, 6.07) is 1.92. The van der Waals surface area contributed by atoms with Gasteiger partial charge in [0.2, 0.25) is 0 Å². The number of hydrogen-bond donors (Lipinski definition) is 0. The van der Waals surface area contributed by atoms with Crippen LogP contribution in [0.25, 0.3) is 0 Å². The molecule has 2 bridgehead atoms. The van der Waals surface area contributed by atoms with Crippen molar-refractivity contribution in [3.8, 4) is 0 Å². The summed E-state index contributed by atoms with van der Waals surface area (Å²) in [5.74, 6) is 2.03. The average molecular weight is 234 g/mol. The van der Waals surface area contributed by atoms with Crippen molar-refractivity contribution in [2.24, 2.45) is 11.8 Å². The van der Waals surface area contributed by atoms with Crippen molar-refractivity contribution in [3.63, 3.8) is 0 Å². The molecule has 0 spiro atoms. The lowest BCUT2D eigenvalue weighted by molar-refractivity contribution is -0.0718. The molecule has 4 saturated heterocycles. The molecule has 0 aromatic heterocycles. The van der Waals surface area contributed by atoms with E-state index in [9.17, 15) is 0 Å². The van der Waals surface area contributed by atoms with Crippen LogP contribution >= 0.6 is 0 Å². The van der Waals surface area contributed by atoms with Gasteiger partial charge in [0.05, 0.1) is 0 Å². The second-order valence-corrected chi connectivity index (χ2v) is 6.87. The van der Waals surface area contributed by atoms with Gasteiger partial charge in [-0.1, -0.05) is 12.8 Å². The lowest BCUT2D eigenvalue weighted by Gasteiger charge is -2.57. The van der Waals surface area contributed by atoms with E-state index in [-0.39, 0.29) is 0 Å². The highest BCUT2D eigenvalue weighted by Crippen LogP contribution is 2.42. The average Bonchev–Trinajstić information content (AvgIpc) is 2.39. The molecule has 0 amide bonds. The second kappa shape index (κ2) is 4.24. The number of rotatable bonds is 0. The third-order valence-electron chi connectivity index (χ3n) is 5.96. The third-order valence-corrected chi connectivity index (χ3v) is 5.96. The van der Waals surface area contributed by atoms with Gasteiger partial charge < -0.3 is 0 Å². The quantitative estimate of drug-likeness (QED) is 0.635. The van der Waals surface area contributed by atoms with E-state index in [1.54, 1.807) is 6.42 Å². The van der Waals surface area contributed by atoms with Gasteiger partial charge in [-0.05, 0) is 57.0 Å². The van der Waals surface area contributed by atoms with Crippen LogP contribution in [0.4, 0.5) is 0 Å². The van der Waals surface area contributed by atoms with Gasteiger partial charge in [-0.25, -0.2) is 0 Å². The standard InChI is InChI=1S/C15H26N2/c1-3-7-16-11-13-9-12(14(16)5-1)10-17-8-4-2-6-15(13)17/h12-15H,1-11H2/t12-,13-,14-,15?/m0/s1. The molecule has 96 valence electrons. The predicted molar refractivity (Wildman–Crippen MR) is 70.0 cm³/mol. The maximum Gasteiger partial charge on any atom is 0.0136 e. The summed E-state index contributed by atoms with van der Waals surface area (Å²) >= 11 is 0. The van der Waals surface area contributed by atoms with E-state index in [0.29, 0.717) is 0 Å². The maximum absolute atomic E-state index is 2.87. The number of fused-ring (bicyclic) bond motifs is 6. The molecule has 0 N–H and O–H groups in total. The van der Waals surface area contributed by atoms with Crippen LogP contribution < -0.4 is 0 Å². The van der Waals surface area contributed by atoms with Gasteiger partial charge in [0.15, 0.2) is 0 Å². The second-order valence-electron chi connectivity index (χ2n) is 6.87. The molecule has 0 radical (unpaired) electrons. The molecule has 4 atom stereocenters. The largest absolute Gasteiger partial charge is 0.300 e. The van der Waals surface area contributed by atoms with Crippen molar-refractivity contribution in [2.75, 3.05) is 26.2 Å². The highest BCUT2D eigenvalue weighted by Gasteiger charge is 2.46. The summed E-state index contributed by atoms with van der Waals surface area (Å²) in [4.78, 5) is 5.74. The van der Waals surface area contributed by atoms with Crippen molar-refractivity contribution in [1.82, 2.24) is 9.80 Å². The van der Waals surface area contributed by atoms with Gasteiger partial charge in [-0.2, -0.15) is 0 Å². The van der Waals surface area contributed by atoms with Crippen LogP contribution in [0, 0.1) is 11.8 Å². The van der Waals surface area contributed by atoms with Crippen LogP contribution in [0.5, 0.6) is 0 Å². The minimum absolute atomic E-state index is 0.961. The molecule has 4 heterocycles. The van der Waals surface area contributed by atoms with E-state index in [4.69, 9.17) is 0 Å². The fourth-order valence-electron chi connectivity index (χ4n) is 5.25. The van der Waals surface area contributed by atoms with Gasteiger partial charge in [-0.15, -0.1) is 0 Å². The van der Waals surface area contributed by atoms with Gasteiger partial charge in [0, 0.05) is 25.2 Å². The summed E-state index contributed by atoms with van der Waals surface area (Å²) in [7, 11) is 0. The van der Waals surface area contributed by atoms with Gasteiger partial charge in [-0.3, -0.25) is 9.80 Å². The van der Waals surface area contributed by atoms with Crippen LogP contribution in [0.2, 0.25) is 0 Å². The molecule has 0 aromatic rings. The molecule has 1 unspecified atom stereocenters. The van der Waals surface area contributed by atoms with Crippen molar-refractivity contribution in [3.05, 3.63) is 0 Å². The molecule has 2 heteroatoms. The van der Waals surface area contributed by atoms with Crippen molar-refractivity contribution in [2.45, 2.75) is 57.0 Å². The Morgan fingerprint density at radius 1 is 0.647 bits per heavy atom. The van der Waals surface area contributed by atoms with Crippen LogP contribution in [-0.2, 0) is 0 Å². The van der Waals surface area contributed by atoms with Gasteiger partial charge in [0.1, 0.15) is 0 Å². The normalized spacial score (nSPS) is 47.3. The Bertz CT molecular complexity index is 263. The Morgan fingerprint density at radius 2 is 1.18 bits per heavy atom. The first-order valence-electron chi connectivity index (χ1n) is 7.90. The maximum atomic E-state index is 2.87. The summed E-state index contributed by atoms with van der Waals surface area (Å²) in [6.45, 7) is 5.68. The van der Waals surface area contributed by atoms with Crippen LogP contribution in [0.15, 0.2) is 0 Å². The molecule has 4 rings (SSSR count). The molecule has 2 nitrogen and oxygen atoms in total. The van der Waals surface area contributed by atoms with Crippen molar-refractivity contribution in [1.29, 1.82) is 0 Å². The SMILES string of the molecule is C1CCN2C[C@@H]3C[C@@H](CN4CCCC[C@@H]34)C2C1. The fraction of sp³-hybridized carbons (Fsp3) is 1.00. The Morgan fingerprint density at radius 3 is 1.71 bits per heavy atom. The van der Waals surface area contributed by atoms with Crippen LogP contribution in [0.1, 0.15) is 44.9 Å². The smallest absolute Gasteiger partial charge is 0.0136 e. The highest BCUT2D eigenvalue weighted by molar-refractivity contribution is 5.00. The first-order valence-corrected chi connectivity index (χ1v) is 7.90. The molecule has 4 aliphatic heterocycles. The van der Waals surface area contributed by atoms with E-state index in [1.165, 1.54) is 64.7 Å². The third kappa shape index (κ3) is 1.76.